The number of aryl methyl sites for hydroxylation is 1. The normalized spacial score (nSPS) is 11.8. The number of benzene rings is 1. The second-order valence-corrected chi connectivity index (χ2v) is 6.71. The Hall–Kier alpha value is -1.17. The van der Waals surface area contributed by atoms with Crippen LogP contribution in [0.5, 0.6) is 0 Å². The molecule has 0 fully saturated rings. The summed E-state index contributed by atoms with van der Waals surface area (Å²) in [6.45, 7) is 7.60. The van der Waals surface area contributed by atoms with Gasteiger partial charge in [-0.15, -0.1) is 0 Å². The van der Waals surface area contributed by atoms with Crippen LogP contribution in [0.15, 0.2) is 35.2 Å². The van der Waals surface area contributed by atoms with E-state index in [1.807, 2.05) is 6.92 Å². The van der Waals surface area contributed by atoms with Crippen molar-refractivity contribution in [2.45, 2.75) is 31.8 Å². The molecular weight excluding hydrogens is 262 g/mol. The van der Waals surface area contributed by atoms with Gasteiger partial charge in [0.15, 0.2) is 0 Å². The molecular formula is C14H21NO3S. The Kier molecular flexibility index (Phi) is 5.29. The number of nitrogens with zero attached hydrogens (tertiary/aromatic N) is 1. The monoisotopic (exact) mass is 283 g/mol. The number of rotatable bonds is 6. The zero-order valence-corrected chi connectivity index (χ0v) is 12.5. The number of hydrogen-bond acceptors (Lipinski definition) is 3. The predicted molar refractivity (Wildman–Crippen MR) is 76.4 cm³/mol. The van der Waals surface area contributed by atoms with E-state index in [9.17, 15) is 13.5 Å². The molecule has 1 N–H and O–H groups in total. The molecule has 0 saturated heterocycles. The average molecular weight is 283 g/mol. The molecule has 0 aromatic heterocycles. The first-order valence-corrected chi connectivity index (χ1v) is 7.60. The molecule has 0 bridgehead atoms. The van der Waals surface area contributed by atoms with Gasteiger partial charge in [-0.1, -0.05) is 25.1 Å². The summed E-state index contributed by atoms with van der Waals surface area (Å²) in [4.78, 5) is 0.206. The predicted octanol–water partition coefficient (Wildman–Crippen LogP) is 1.94. The number of aliphatic hydroxyl groups is 1. The molecule has 0 aliphatic carbocycles. The topological polar surface area (TPSA) is 57.6 Å². The Bertz CT molecular complexity index is 564. The molecule has 0 radical (unpaired) electrons. The van der Waals surface area contributed by atoms with Crippen molar-refractivity contribution in [2.75, 3.05) is 13.6 Å². The minimum Gasteiger partial charge on any atom is -0.392 e. The second-order valence-electron chi connectivity index (χ2n) is 4.66. The molecule has 0 aliphatic heterocycles. The number of aliphatic hydroxyl groups excluding tert-OH is 1. The van der Waals surface area contributed by atoms with E-state index in [0.717, 1.165) is 17.6 Å². The van der Waals surface area contributed by atoms with Crippen LogP contribution < -0.4 is 0 Å². The Morgan fingerprint density at radius 3 is 2.47 bits per heavy atom. The van der Waals surface area contributed by atoms with Gasteiger partial charge in [0, 0.05) is 13.6 Å². The first-order valence-electron chi connectivity index (χ1n) is 6.16. The molecule has 0 atom stereocenters. The van der Waals surface area contributed by atoms with Crippen molar-refractivity contribution >= 4 is 10.0 Å². The lowest BCUT2D eigenvalue weighted by molar-refractivity contribution is 0.280. The highest BCUT2D eigenvalue weighted by atomic mass is 32.2. The van der Waals surface area contributed by atoms with Gasteiger partial charge in [-0.3, -0.25) is 0 Å². The second kappa shape index (κ2) is 6.32. The number of likely N-dealkylation sites (N-methyl/N-ethyl adjacent to an activating group) is 1. The van der Waals surface area contributed by atoms with Gasteiger partial charge in [0.25, 0.3) is 0 Å². The summed E-state index contributed by atoms with van der Waals surface area (Å²) in [7, 11) is -2.01. The van der Waals surface area contributed by atoms with E-state index in [1.54, 1.807) is 25.1 Å². The molecule has 1 rings (SSSR count). The summed E-state index contributed by atoms with van der Waals surface area (Å²) in [5.41, 5.74) is 2.40. The molecule has 4 nitrogen and oxygen atoms in total. The molecule has 0 heterocycles. The third kappa shape index (κ3) is 3.65. The lowest BCUT2D eigenvalue weighted by atomic mass is 10.1. The van der Waals surface area contributed by atoms with Crippen molar-refractivity contribution in [3.05, 3.63) is 41.5 Å². The van der Waals surface area contributed by atoms with Crippen LogP contribution in [0.3, 0.4) is 0 Å². The molecule has 5 heteroatoms. The van der Waals surface area contributed by atoms with Gasteiger partial charge in [0.05, 0.1) is 11.5 Å². The Morgan fingerprint density at radius 2 is 2.00 bits per heavy atom. The summed E-state index contributed by atoms with van der Waals surface area (Å²) in [6.07, 6.45) is 0.762. The first kappa shape index (κ1) is 15.9. The summed E-state index contributed by atoms with van der Waals surface area (Å²) >= 11 is 0. The maximum Gasteiger partial charge on any atom is 0.243 e. The van der Waals surface area contributed by atoms with Gasteiger partial charge in [-0.25, -0.2) is 8.42 Å². The van der Waals surface area contributed by atoms with E-state index in [2.05, 4.69) is 6.58 Å². The van der Waals surface area contributed by atoms with Gasteiger partial charge < -0.3 is 5.11 Å². The van der Waals surface area contributed by atoms with Crippen molar-refractivity contribution < 1.29 is 13.5 Å². The maximum atomic E-state index is 12.3. The fourth-order valence-electron chi connectivity index (χ4n) is 1.90. The van der Waals surface area contributed by atoms with E-state index < -0.39 is 10.0 Å². The van der Waals surface area contributed by atoms with Gasteiger partial charge >= 0.3 is 0 Å². The van der Waals surface area contributed by atoms with Gasteiger partial charge in [-0.05, 0) is 36.6 Å². The molecule has 1 aromatic rings. The highest BCUT2D eigenvalue weighted by Crippen LogP contribution is 2.20. The molecule has 106 valence electrons. The van der Waals surface area contributed by atoms with E-state index >= 15 is 0 Å². The standard InChI is InChI=1S/C14H21NO3S/c1-5-12-6-7-14(8-13(12)10-16)19(17,18)15(4)9-11(2)3/h6-8,16H,2,5,9-10H2,1,3-4H3. The van der Waals surface area contributed by atoms with Crippen molar-refractivity contribution in [1.29, 1.82) is 0 Å². The zero-order valence-electron chi connectivity index (χ0n) is 11.7. The van der Waals surface area contributed by atoms with Crippen LogP contribution in [0.1, 0.15) is 25.0 Å². The third-order valence-corrected chi connectivity index (χ3v) is 4.73. The van der Waals surface area contributed by atoms with E-state index in [4.69, 9.17) is 0 Å². The Labute approximate surface area is 115 Å². The quantitative estimate of drug-likeness (QED) is 0.812. The SMILES string of the molecule is C=C(C)CN(C)S(=O)(=O)c1ccc(CC)c(CO)c1. The van der Waals surface area contributed by atoms with Crippen LogP contribution in [-0.4, -0.2) is 31.4 Å². The fraction of sp³-hybridized carbons (Fsp3) is 0.429. The lowest BCUT2D eigenvalue weighted by Gasteiger charge is -2.18. The highest BCUT2D eigenvalue weighted by Gasteiger charge is 2.21. The molecule has 0 amide bonds. The molecule has 0 aliphatic rings. The van der Waals surface area contributed by atoms with Crippen molar-refractivity contribution in [3.8, 4) is 0 Å². The summed E-state index contributed by atoms with van der Waals surface area (Å²) in [5, 5.41) is 9.30. The van der Waals surface area contributed by atoms with E-state index in [1.165, 1.54) is 11.4 Å². The van der Waals surface area contributed by atoms with Crippen LogP contribution in [0, 0.1) is 0 Å². The molecule has 19 heavy (non-hydrogen) atoms. The molecule has 0 unspecified atom stereocenters. The van der Waals surface area contributed by atoms with Crippen LogP contribution in [-0.2, 0) is 23.1 Å². The largest absolute Gasteiger partial charge is 0.392 e. The van der Waals surface area contributed by atoms with E-state index in [0.29, 0.717) is 5.56 Å². The minimum absolute atomic E-state index is 0.156. The average Bonchev–Trinajstić information content (AvgIpc) is 2.36. The minimum atomic E-state index is -3.53. The van der Waals surface area contributed by atoms with Gasteiger partial charge in [0.2, 0.25) is 10.0 Å². The summed E-state index contributed by atoms with van der Waals surface area (Å²) in [6, 6.07) is 4.89. The number of sulfonamides is 1. The highest BCUT2D eigenvalue weighted by molar-refractivity contribution is 7.89. The van der Waals surface area contributed by atoms with E-state index in [-0.39, 0.29) is 18.0 Å². The van der Waals surface area contributed by atoms with Crippen molar-refractivity contribution in [2.24, 2.45) is 0 Å². The molecule has 0 saturated carbocycles. The van der Waals surface area contributed by atoms with Crippen LogP contribution >= 0.6 is 0 Å². The summed E-state index contributed by atoms with van der Waals surface area (Å²) in [5.74, 6) is 0. The van der Waals surface area contributed by atoms with Gasteiger partial charge in [-0.2, -0.15) is 4.31 Å². The van der Waals surface area contributed by atoms with Crippen LogP contribution in [0.2, 0.25) is 0 Å². The smallest absolute Gasteiger partial charge is 0.243 e. The zero-order chi connectivity index (χ0) is 14.6. The van der Waals surface area contributed by atoms with Crippen LogP contribution in [0.25, 0.3) is 0 Å². The Balaban J connectivity index is 3.18. The van der Waals surface area contributed by atoms with Crippen molar-refractivity contribution in [1.82, 2.24) is 4.31 Å². The van der Waals surface area contributed by atoms with Crippen LogP contribution in [0.4, 0.5) is 0 Å². The number of hydrogen-bond donors (Lipinski definition) is 1. The molecule has 0 spiro atoms. The first-order chi connectivity index (χ1) is 8.82. The molecule has 1 aromatic carbocycles. The third-order valence-electron chi connectivity index (χ3n) is 2.93. The fourth-order valence-corrected chi connectivity index (χ4v) is 3.18. The summed E-state index contributed by atoms with van der Waals surface area (Å²) < 4.78 is 25.9. The lowest BCUT2D eigenvalue weighted by Crippen LogP contribution is -2.28. The van der Waals surface area contributed by atoms with Gasteiger partial charge in [0.1, 0.15) is 0 Å². The maximum absolute atomic E-state index is 12.3. The Morgan fingerprint density at radius 1 is 1.37 bits per heavy atom. The van der Waals surface area contributed by atoms with Crippen molar-refractivity contribution in [3.63, 3.8) is 0 Å².